The Balaban J connectivity index is 2.77. The molecule has 0 aliphatic rings. The lowest BCUT2D eigenvalue weighted by Crippen LogP contribution is -2.51. The van der Waals surface area contributed by atoms with Gasteiger partial charge < -0.3 is 10.5 Å². The Hall–Kier alpha value is -0.730. The van der Waals surface area contributed by atoms with Crippen LogP contribution in [0.1, 0.15) is 10.9 Å². The predicted molar refractivity (Wildman–Crippen MR) is 49.3 cm³/mol. The third-order valence-electron chi connectivity index (χ3n) is 1.73. The molecule has 1 aromatic carbocycles. The van der Waals surface area contributed by atoms with Gasteiger partial charge in [-0.05, 0) is 17.7 Å². The Morgan fingerprint density at radius 3 is 2.42 bits per heavy atom. The van der Waals surface area contributed by atoms with E-state index in [4.69, 9.17) is 16.3 Å². The largest absolute Gasteiger partial charge is 0.497 e. The van der Waals surface area contributed by atoms with Crippen molar-refractivity contribution < 1.29 is 10.5 Å². The number of hydrogen-bond donors (Lipinski definition) is 1. The molecule has 0 saturated heterocycles. The lowest BCUT2D eigenvalue weighted by atomic mass is 10.1. The Morgan fingerprint density at radius 1 is 1.42 bits per heavy atom. The highest BCUT2D eigenvalue weighted by atomic mass is 35.5. The monoisotopic (exact) mass is 186 g/mol. The molecule has 0 bridgehead atoms. The van der Waals surface area contributed by atoms with E-state index in [2.05, 4.69) is 5.73 Å². The van der Waals surface area contributed by atoms with Gasteiger partial charge in [-0.25, -0.2) is 0 Å². The third kappa shape index (κ3) is 2.13. The van der Waals surface area contributed by atoms with Gasteiger partial charge in [0.2, 0.25) is 0 Å². The van der Waals surface area contributed by atoms with Crippen molar-refractivity contribution in [2.24, 2.45) is 0 Å². The van der Waals surface area contributed by atoms with Crippen LogP contribution in [0.25, 0.3) is 0 Å². The van der Waals surface area contributed by atoms with Gasteiger partial charge in [0.25, 0.3) is 0 Å². The van der Waals surface area contributed by atoms with Crippen molar-refractivity contribution in [3.63, 3.8) is 0 Å². The number of benzene rings is 1. The molecule has 66 valence electrons. The molecule has 0 saturated carbocycles. The van der Waals surface area contributed by atoms with E-state index in [1.165, 1.54) is 0 Å². The third-order valence-corrected chi connectivity index (χ3v) is 2.20. The molecule has 0 aliphatic heterocycles. The Labute approximate surface area is 77.3 Å². The first kappa shape index (κ1) is 9.36. The van der Waals surface area contributed by atoms with E-state index < -0.39 is 0 Å². The van der Waals surface area contributed by atoms with Gasteiger partial charge in [-0.1, -0.05) is 12.1 Å². The fourth-order valence-electron chi connectivity index (χ4n) is 0.979. The smallest absolute Gasteiger partial charge is 0.118 e. The molecule has 1 aromatic rings. The van der Waals surface area contributed by atoms with Crippen molar-refractivity contribution >= 4 is 11.6 Å². The van der Waals surface area contributed by atoms with Crippen molar-refractivity contribution in [1.29, 1.82) is 0 Å². The summed E-state index contributed by atoms with van der Waals surface area (Å²) in [5.41, 5.74) is 4.83. The van der Waals surface area contributed by atoms with Crippen LogP contribution in [0.5, 0.6) is 5.75 Å². The van der Waals surface area contributed by atoms with E-state index in [1.54, 1.807) is 7.11 Å². The molecule has 3 N–H and O–H groups in total. The van der Waals surface area contributed by atoms with E-state index in [9.17, 15) is 0 Å². The van der Waals surface area contributed by atoms with Crippen LogP contribution >= 0.6 is 11.6 Å². The molecule has 0 amide bonds. The lowest BCUT2D eigenvalue weighted by Gasteiger charge is -2.05. The number of alkyl halides is 1. The molecular weight excluding hydrogens is 174 g/mol. The van der Waals surface area contributed by atoms with Gasteiger partial charge in [-0.3, -0.25) is 0 Å². The molecule has 0 fully saturated rings. The zero-order chi connectivity index (χ0) is 8.97. The average Bonchev–Trinajstić information content (AvgIpc) is 2.17. The zero-order valence-corrected chi connectivity index (χ0v) is 7.84. The first-order valence-electron chi connectivity index (χ1n) is 3.85. The fraction of sp³-hybridized carbons (Fsp3) is 0.333. The second-order valence-corrected chi connectivity index (χ2v) is 3.06. The average molecular weight is 187 g/mol. The van der Waals surface area contributed by atoms with E-state index in [-0.39, 0.29) is 5.38 Å². The predicted octanol–water partition coefficient (Wildman–Crippen LogP) is 1.22. The van der Waals surface area contributed by atoms with Gasteiger partial charge in [0, 0.05) is 0 Å². The Bertz CT molecular complexity index is 235. The van der Waals surface area contributed by atoms with Gasteiger partial charge >= 0.3 is 0 Å². The summed E-state index contributed by atoms with van der Waals surface area (Å²) in [7, 11) is 1.65. The lowest BCUT2D eigenvalue weighted by molar-refractivity contribution is -0.367. The van der Waals surface area contributed by atoms with Crippen molar-refractivity contribution in [2.75, 3.05) is 13.7 Å². The van der Waals surface area contributed by atoms with Crippen LogP contribution < -0.4 is 10.5 Å². The van der Waals surface area contributed by atoms with Gasteiger partial charge in [-0.2, -0.15) is 0 Å². The normalized spacial score (nSPS) is 12.6. The number of quaternary nitrogens is 1. The second-order valence-electron chi connectivity index (χ2n) is 2.53. The first-order chi connectivity index (χ1) is 5.77. The molecule has 0 radical (unpaired) electrons. The molecule has 3 heteroatoms. The number of rotatable bonds is 3. The zero-order valence-electron chi connectivity index (χ0n) is 7.09. The standard InChI is InChI=1S/C9H12ClNO/c1-12-8-4-2-7(3-5-8)9(10)6-11/h2-5,9H,6,11H2,1H3/p+1. The van der Waals surface area contributed by atoms with Crippen LogP contribution in [0.2, 0.25) is 0 Å². The molecule has 1 atom stereocenters. The molecule has 0 aromatic heterocycles. The maximum atomic E-state index is 5.98. The molecule has 2 nitrogen and oxygen atoms in total. The maximum absolute atomic E-state index is 5.98. The summed E-state index contributed by atoms with van der Waals surface area (Å²) in [5.74, 6) is 0.853. The molecule has 12 heavy (non-hydrogen) atoms. The second kappa shape index (κ2) is 4.33. The van der Waals surface area contributed by atoms with Crippen LogP contribution in [0.4, 0.5) is 0 Å². The minimum absolute atomic E-state index is 0.0101. The van der Waals surface area contributed by atoms with E-state index >= 15 is 0 Å². The van der Waals surface area contributed by atoms with Crippen molar-refractivity contribution in [2.45, 2.75) is 5.38 Å². The van der Waals surface area contributed by atoms with Gasteiger partial charge in [0.05, 0.1) is 13.7 Å². The highest BCUT2D eigenvalue weighted by Gasteiger charge is 2.06. The number of ether oxygens (including phenoxy) is 1. The molecule has 0 aliphatic carbocycles. The van der Waals surface area contributed by atoms with E-state index in [0.29, 0.717) is 6.54 Å². The number of halogens is 1. The molecule has 0 spiro atoms. The van der Waals surface area contributed by atoms with Crippen LogP contribution in [-0.4, -0.2) is 13.7 Å². The van der Waals surface area contributed by atoms with E-state index in [1.807, 2.05) is 24.3 Å². The van der Waals surface area contributed by atoms with Crippen molar-refractivity contribution in [1.82, 2.24) is 0 Å². The van der Waals surface area contributed by atoms with E-state index in [0.717, 1.165) is 11.3 Å². The quantitative estimate of drug-likeness (QED) is 0.709. The minimum atomic E-state index is 0.0101. The van der Waals surface area contributed by atoms with Crippen LogP contribution in [-0.2, 0) is 0 Å². The van der Waals surface area contributed by atoms with Gasteiger partial charge in [0.1, 0.15) is 11.1 Å². The summed E-state index contributed by atoms with van der Waals surface area (Å²) < 4.78 is 5.02. The summed E-state index contributed by atoms with van der Waals surface area (Å²) in [6.45, 7) is 0.702. The van der Waals surface area contributed by atoms with Gasteiger partial charge in [0.15, 0.2) is 0 Å². The Morgan fingerprint density at radius 2 is 2.00 bits per heavy atom. The van der Waals surface area contributed by atoms with Crippen LogP contribution in [0.15, 0.2) is 24.3 Å². The maximum Gasteiger partial charge on any atom is 0.118 e. The Kier molecular flexibility index (Phi) is 3.38. The summed E-state index contributed by atoms with van der Waals surface area (Å²) in [6.07, 6.45) is 0. The summed E-state index contributed by atoms with van der Waals surface area (Å²) in [5, 5.41) is 0.0101. The summed E-state index contributed by atoms with van der Waals surface area (Å²) in [4.78, 5) is 0. The summed E-state index contributed by atoms with van der Waals surface area (Å²) >= 11 is 5.98. The topological polar surface area (TPSA) is 36.9 Å². The van der Waals surface area contributed by atoms with Crippen LogP contribution in [0.3, 0.4) is 0 Å². The van der Waals surface area contributed by atoms with Crippen LogP contribution in [0, 0.1) is 0 Å². The molecule has 0 heterocycles. The number of methoxy groups -OCH3 is 1. The highest BCUT2D eigenvalue weighted by Crippen LogP contribution is 2.20. The van der Waals surface area contributed by atoms with Crippen molar-refractivity contribution in [3.8, 4) is 5.75 Å². The van der Waals surface area contributed by atoms with Gasteiger partial charge in [-0.15, -0.1) is 11.6 Å². The first-order valence-corrected chi connectivity index (χ1v) is 4.29. The molecule has 1 rings (SSSR count). The minimum Gasteiger partial charge on any atom is -0.497 e. The number of hydrogen-bond acceptors (Lipinski definition) is 1. The summed E-state index contributed by atoms with van der Waals surface area (Å²) in [6, 6.07) is 7.73. The fourth-order valence-corrected chi connectivity index (χ4v) is 1.12. The molecular formula is C9H13ClNO+. The highest BCUT2D eigenvalue weighted by molar-refractivity contribution is 6.20. The van der Waals surface area contributed by atoms with Crippen molar-refractivity contribution in [3.05, 3.63) is 29.8 Å². The molecule has 1 unspecified atom stereocenters. The SMILES string of the molecule is COc1ccc(C(Cl)C[NH3+])cc1.